The quantitative estimate of drug-likeness (QED) is 0.0943. The van der Waals surface area contributed by atoms with Crippen LogP contribution in [0, 0.1) is 0 Å². The predicted molar refractivity (Wildman–Crippen MR) is 222 cm³/mol. The third-order valence-electron chi connectivity index (χ3n) is 10.1. The van der Waals surface area contributed by atoms with Crippen LogP contribution in [0.4, 0.5) is 5.69 Å². The molecule has 0 fully saturated rings. The Bertz CT molecular complexity index is 2520. The van der Waals surface area contributed by atoms with Gasteiger partial charge in [0, 0.05) is 0 Å². The van der Waals surface area contributed by atoms with Crippen molar-refractivity contribution in [1.82, 2.24) is 0 Å². The average molecular weight is 752 g/mol. The number of fused-ring (bicyclic) bond motifs is 3. The normalized spacial score (nSPS) is 14.3. The molecule has 1 atom stereocenters. The molecular weight excluding hydrogens is 717 g/mol. The lowest BCUT2D eigenvalue weighted by Crippen LogP contribution is -2.14. The van der Waals surface area contributed by atoms with Crippen LogP contribution in [0.5, 0.6) is 0 Å². The maximum absolute atomic E-state index is 5.26. The molecule has 1 nitrogen and oxygen atoms in total. The second-order valence-corrected chi connectivity index (χ2v) is 14.6. The van der Waals surface area contributed by atoms with E-state index in [1.165, 1.54) is 82.9 Å². The lowest BCUT2D eigenvalue weighted by Gasteiger charge is -2.18. The summed E-state index contributed by atoms with van der Waals surface area (Å²) >= 11 is 2.56. The summed E-state index contributed by atoms with van der Waals surface area (Å²) in [6, 6.07) is 64.1. The Kier molecular flexibility index (Phi) is 8.10. The molecule has 1 aliphatic rings. The molecule has 1 unspecified atom stereocenters. The van der Waals surface area contributed by atoms with Crippen molar-refractivity contribution in [2.24, 2.45) is 4.99 Å². The first-order chi connectivity index (χ1) is 24.7. The van der Waals surface area contributed by atoms with Gasteiger partial charge < -0.3 is 0 Å². The van der Waals surface area contributed by atoms with Crippen molar-refractivity contribution in [3.8, 4) is 44.5 Å². The molecule has 0 aromatic heterocycles. The highest BCUT2D eigenvalue weighted by Gasteiger charge is 2.21. The second kappa shape index (κ2) is 13.2. The topological polar surface area (TPSA) is 12.4 Å². The van der Waals surface area contributed by atoms with Crippen LogP contribution in [0.25, 0.3) is 66.1 Å². The van der Waals surface area contributed by atoms with E-state index >= 15 is 0 Å². The molecular formula is C48H34IN. The van der Waals surface area contributed by atoms with Gasteiger partial charge >= 0.3 is 0 Å². The van der Waals surface area contributed by atoms with Crippen molar-refractivity contribution < 1.29 is 0 Å². The van der Waals surface area contributed by atoms with Gasteiger partial charge in [-0.05, 0) is 102 Å². The molecule has 0 aliphatic carbocycles. The summed E-state index contributed by atoms with van der Waals surface area (Å²) in [6.45, 7) is 0. The fraction of sp³-hybridized carbons (Fsp3) is 0.0625. The standard InChI is InChI=1S/C48H34IN/c49-44-29-27-34-24-25-39(31-45(34)50-48(44)37-16-8-3-9-17-37)33-22-20-32(21-23-33)38-26-28-42-43(30-38)47(36-14-6-2-7-15-36)41-19-11-10-18-40(41)46(42)35-12-4-1-5-13-35/h1-26,28,30-31,44H,27,29H2. The van der Waals surface area contributed by atoms with E-state index in [1.54, 1.807) is 0 Å². The first-order valence-electron chi connectivity index (χ1n) is 17.3. The van der Waals surface area contributed by atoms with Crippen molar-refractivity contribution in [3.63, 3.8) is 0 Å². The third kappa shape index (κ3) is 5.64. The van der Waals surface area contributed by atoms with Crippen LogP contribution in [0.3, 0.4) is 0 Å². The predicted octanol–water partition coefficient (Wildman–Crippen LogP) is 13.5. The summed E-state index contributed by atoms with van der Waals surface area (Å²) in [4.78, 5) is 5.26. The minimum Gasteiger partial charge on any atom is -0.251 e. The van der Waals surface area contributed by atoms with Crippen LogP contribution >= 0.6 is 22.6 Å². The number of hydrogen-bond donors (Lipinski definition) is 0. The minimum absolute atomic E-state index is 0.385. The lowest BCUT2D eigenvalue weighted by molar-refractivity contribution is 0.908. The van der Waals surface area contributed by atoms with Crippen molar-refractivity contribution in [3.05, 3.63) is 187 Å². The van der Waals surface area contributed by atoms with E-state index in [2.05, 4.69) is 199 Å². The van der Waals surface area contributed by atoms with Gasteiger partial charge in [0.1, 0.15) is 0 Å². The number of alkyl halides is 1. The first kappa shape index (κ1) is 30.7. The van der Waals surface area contributed by atoms with Gasteiger partial charge in [0.05, 0.1) is 15.3 Å². The van der Waals surface area contributed by atoms with Crippen LogP contribution in [-0.2, 0) is 6.42 Å². The summed E-state index contributed by atoms with van der Waals surface area (Å²) in [5.41, 5.74) is 14.6. The molecule has 8 aromatic carbocycles. The molecule has 50 heavy (non-hydrogen) atoms. The molecule has 0 saturated carbocycles. The zero-order chi connectivity index (χ0) is 33.4. The second-order valence-electron chi connectivity index (χ2n) is 13.1. The lowest BCUT2D eigenvalue weighted by atomic mass is 9.85. The number of halogens is 1. The average Bonchev–Trinajstić information content (AvgIpc) is 3.35. The Morgan fingerprint density at radius 3 is 1.46 bits per heavy atom. The van der Waals surface area contributed by atoms with Gasteiger partial charge in [-0.1, -0.05) is 186 Å². The highest BCUT2D eigenvalue weighted by atomic mass is 127. The Labute approximate surface area is 307 Å². The molecule has 0 N–H and O–H groups in total. The van der Waals surface area contributed by atoms with Gasteiger partial charge in [-0.15, -0.1) is 0 Å². The number of rotatable bonds is 5. The zero-order valence-corrected chi connectivity index (χ0v) is 29.7. The molecule has 1 heterocycles. The van der Waals surface area contributed by atoms with Gasteiger partial charge in [0.25, 0.3) is 0 Å². The fourth-order valence-electron chi connectivity index (χ4n) is 7.58. The summed E-state index contributed by atoms with van der Waals surface area (Å²) in [7, 11) is 0. The molecule has 0 spiro atoms. The van der Waals surface area contributed by atoms with E-state index in [4.69, 9.17) is 4.99 Å². The number of aliphatic imine (C=N–C) groups is 1. The third-order valence-corrected chi connectivity index (χ3v) is 11.3. The molecule has 0 saturated heterocycles. The Morgan fingerprint density at radius 1 is 0.400 bits per heavy atom. The SMILES string of the molecule is IC1CCc2ccc(-c3ccc(-c4ccc5c(-c6ccccc6)c6ccccc6c(-c6ccccc6)c5c4)cc3)cc2N=C1c1ccccc1. The Hall–Kier alpha value is -5.32. The molecule has 2 heteroatoms. The number of aryl methyl sites for hydroxylation is 1. The Balaban J connectivity index is 1.15. The van der Waals surface area contributed by atoms with Gasteiger partial charge in [-0.25, -0.2) is 0 Å². The van der Waals surface area contributed by atoms with Gasteiger partial charge in [0.15, 0.2) is 0 Å². The summed E-state index contributed by atoms with van der Waals surface area (Å²) in [6.07, 6.45) is 2.13. The number of nitrogens with zero attached hydrogens (tertiary/aromatic N) is 1. The molecule has 0 amide bonds. The number of hydrogen-bond acceptors (Lipinski definition) is 1. The molecule has 9 rings (SSSR count). The highest BCUT2D eigenvalue weighted by molar-refractivity contribution is 14.1. The molecule has 1 aliphatic heterocycles. The van der Waals surface area contributed by atoms with Crippen LogP contribution in [0.15, 0.2) is 181 Å². The van der Waals surface area contributed by atoms with Crippen LogP contribution < -0.4 is 0 Å². The molecule has 8 aromatic rings. The van der Waals surface area contributed by atoms with Gasteiger partial charge in [-0.3, -0.25) is 4.99 Å². The van der Waals surface area contributed by atoms with Crippen molar-refractivity contribution in [2.75, 3.05) is 0 Å². The number of benzene rings is 8. The molecule has 0 radical (unpaired) electrons. The smallest absolute Gasteiger partial charge is 0.0671 e. The summed E-state index contributed by atoms with van der Waals surface area (Å²) in [5.74, 6) is 0. The van der Waals surface area contributed by atoms with E-state index in [0.717, 1.165) is 18.5 Å². The van der Waals surface area contributed by atoms with Crippen LogP contribution in [0.1, 0.15) is 17.5 Å². The largest absolute Gasteiger partial charge is 0.251 e. The van der Waals surface area contributed by atoms with Gasteiger partial charge in [0.2, 0.25) is 0 Å². The first-order valence-corrected chi connectivity index (χ1v) is 18.6. The van der Waals surface area contributed by atoms with E-state index in [0.29, 0.717) is 3.92 Å². The zero-order valence-electron chi connectivity index (χ0n) is 27.6. The fourth-order valence-corrected chi connectivity index (χ4v) is 8.39. The van der Waals surface area contributed by atoms with Crippen molar-refractivity contribution in [1.29, 1.82) is 0 Å². The Morgan fingerprint density at radius 2 is 0.860 bits per heavy atom. The van der Waals surface area contributed by atoms with E-state index in [1.807, 2.05) is 0 Å². The van der Waals surface area contributed by atoms with Crippen LogP contribution in [0.2, 0.25) is 0 Å². The van der Waals surface area contributed by atoms with Crippen LogP contribution in [-0.4, -0.2) is 9.64 Å². The highest BCUT2D eigenvalue weighted by Crippen LogP contribution is 2.45. The van der Waals surface area contributed by atoms with Crippen molar-refractivity contribution >= 4 is 55.5 Å². The van der Waals surface area contributed by atoms with E-state index in [9.17, 15) is 0 Å². The molecule has 0 bridgehead atoms. The summed E-state index contributed by atoms with van der Waals surface area (Å²) in [5, 5.41) is 5.08. The van der Waals surface area contributed by atoms with E-state index < -0.39 is 0 Å². The van der Waals surface area contributed by atoms with Gasteiger partial charge in [-0.2, -0.15) is 0 Å². The minimum atomic E-state index is 0.385. The maximum Gasteiger partial charge on any atom is 0.0671 e. The summed E-state index contributed by atoms with van der Waals surface area (Å²) < 4.78 is 0.385. The monoisotopic (exact) mass is 751 g/mol. The maximum atomic E-state index is 5.26. The molecule has 238 valence electrons. The van der Waals surface area contributed by atoms with Crippen molar-refractivity contribution in [2.45, 2.75) is 16.8 Å². The van der Waals surface area contributed by atoms with E-state index in [-0.39, 0.29) is 0 Å².